The molecule has 2 atom stereocenters. The van der Waals surface area contributed by atoms with Crippen molar-refractivity contribution in [1.29, 1.82) is 0 Å². The predicted octanol–water partition coefficient (Wildman–Crippen LogP) is 2.09. The van der Waals surface area contributed by atoms with Gasteiger partial charge in [-0.3, -0.25) is 14.8 Å². The number of nitrogens with one attached hydrogen (secondary N) is 2. The Labute approximate surface area is 156 Å². The Morgan fingerprint density at radius 2 is 2.07 bits per heavy atom. The summed E-state index contributed by atoms with van der Waals surface area (Å²) in [6.45, 7) is 0. The van der Waals surface area contributed by atoms with Gasteiger partial charge in [-0.05, 0) is 30.5 Å². The summed E-state index contributed by atoms with van der Waals surface area (Å²) in [5.74, 6) is 0.499. The van der Waals surface area contributed by atoms with E-state index in [9.17, 15) is 9.59 Å². The third-order valence-corrected chi connectivity index (χ3v) is 5.03. The lowest BCUT2D eigenvalue weighted by Gasteiger charge is -2.07. The summed E-state index contributed by atoms with van der Waals surface area (Å²) in [6, 6.07) is 5.64. The average Bonchev–Trinajstić information content (AvgIpc) is 3.30. The molecule has 5 rings (SSSR count). The van der Waals surface area contributed by atoms with Crippen LogP contribution < -0.4 is 11.2 Å². The van der Waals surface area contributed by atoms with Gasteiger partial charge in [-0.2, -0.15) is 5.10 Å². The Hall–Kier alpha value is -3.26. The van der Waals surface area contributed by atoms with Crippen LogP contribution in [0.3, 0.4) is 0 Å². The van der Waals surface area contributed by atoms with Crippen molar-refractivity contribution in [3.05, 3.63) is 80.1 Å². The van der Waals surface area contributed by atoms with Crippen molar-refractivity contribution in [2.45, 2.75) is 18.3 Å². The largest absolute Gasteiger partial charge is 0.325 e. The number of rotatable bonds is 3. The van der Waals surface area contributed by atoms with E-state index in [-0.39, 0.29) is 11.8 Å². The molecule has 8 nitrogen and oxygen atoms in total. The van der Waals surface area contributed by atoms with Crippen molar-refractivity contribution in [1.82, 2.24) is 29.5 Å². The molecule has 0 aliphatic heterocycles. The first kappa shape index (κ1) is 16.0. The van der Waals surface area contributed by atoms with Crippen molar-refractivity contribution in [2.75, 3.05) is 0 Å². The number of fused-ring (bicyclic) bond motifs is 1. The molecular weight excluding hydrogens is 368 g/mol. The standard InChI is InChI=1S/C18H13ClN6O2/c19-9-1-2-14(21-7-9)11-5-10(11)12-6-15(24-25-4-3-20-16(12)25)13-8-22-18(27)23-17(13)26/h1-4,6-8,10-11H,5H2,(H2,22,23,26,27)/t10?,11-/m0/s1. The molecule has 2 N–H and O–H groups in total. The molecule has 4 aromatic rings. The Balaban J connectivity index is 1.60. The van der Waals surface area contributed by atoms with E-state index in [0.717, 1.165) is 23.3 Å². The minimum absolute atomic E-state index is 0.229. The van der Waals surface area contributed by atoms with Gasteiger partial charge in [-0.15, -0.1) is 0 Å². The van der Waals surface area contributed by atoms with Crippen LogP contribution in [0.15, 0.2) is 52.6 Å². The third kappa shape index (κ3) is 2.74. The normalized spacial score (nSPS) is 18.7. The Bertz CT molecular complexity index is 1270. The van der Waals surface area contributed by atoms with Crippen LogP contribution in [0.4, 0.5) is 0 Å². The fraction of sp³-hybridized carbons (Fsp3) is 0.167. The van der Waals surface area contributed by atoms with E-state index in [1.807, 2.05) is 18.2 Å². The third-order valence-electron chi connectivity index (χ3n) is 4.80. The van der Waals surface area contributed by atoms with Gasteiger partial charge in [-0.25, -0.2) is 14.3 Å². The number of aromatic nitrogens is 6. The lowest BCUT2D eigenvalue weighted by atomic mass is 10.1. The lowest BCUT2D eigenvalue weighted by Crippen LogP contribution is -2.23. The molecule has 4 aromatic heterocycles. The van der Waals surface area contributed by atoms with Crippen LogP contribution in [0.2, 0.25) is 5.02 Å². The molecule has 1 aliphatic carbocycles. The van der Waals surface area contributed by atoms with E-state index < -0.39 is 11.2 Å². The molecule has 0 bridgehead atoms. The molecule has 0 amide bonds. The van der Waals surface area contributed by atoms with Gasteiger partial charge in [0.2, 0.25) is 0 Å². The number of nitrogens with zero attached hydrogens (tertiary/aromatic N) is 4. The number of halogens is 1. The highest BCUT2D eigenvalue weighted by atomic mass is 35.5. The molecule has 1 fully saturated rings. The molecular formula is C18H13ClN6O2. The van der Waals surface area contributed by atoms with Crippen LogP contribution in [-0.2, 0) is 0 Å². The van der Waals surface area contributed by atoms with Crippen molar-refractivity contribution in [3.8, 4) is 11.3 Å². The number of pyridine rings is 1. The zero-order valence-corrected chi connectivity index (χ0v) is 14.6. The maximum Gasteiger partial charge on any atom is 0.325 e. The first-order chi connectivity index (χ1) is 13.1. The molecule has 1 unspecified atom stereocenters. The van der Waals surface area contributed by atoms with Crippen molar-refractivity contribution >= 4 is 17.2 Å². The van der Waals surface area contributed by atoms with E-state index in [1.54, 1.807) is 23.1 Å². The smallest absolute Gasteiger partial charge is 0.313 e. The fourth-order valence-electron chi connectivity index (χ4n) is 3.42. The quantitative estimate of drug-likeness (QED) is 0.565. The summed E-state index contributed by atoms with van der Waals surface area (Å²) in [7, 11) is 0. The minimum Gasteiger partial charge on any atom is -0.313 e. The van der Waals surface area contributed by atoms with Gasteiger partial charge >= 0.3 is 5.69 Å². The van der Waals surface area contributed by atoms with Gasteiger partial charge in [0.1, 0.15) is 0 Å². The van der Waals surface area contributed by atoms with Crippen molar-refractivity contribution < 1.29 is 0 Å². The summed E-state index contributed by atoms with van der Waals surface area (Å²) in [5.41, 5.74) is 2.47. The molecule has 134 valence electrons. The predicted molar refractivity (Wildman–Crippen MR) is 99.0 cm³/mol. The van der Waals surface area contributed by atoms with Crippen LogP contribution in [0.25, 0.3) is 16.9 Å². The highest BCUT2D eigenvalue weighted by molar-refractivity contribution is 6.30. The van der Waals surface area contributed by atoms with Crippen LogP contribution >= 0.6 is 11.6 Å². The molecule has 27 heavy (non-hydrogen) atoms. The zero-order chi connectivity index (χ0) is 18.5. The van der Waals surface area contributed by atoms with Crippen LogP contribution in [0, 0.1) is 0 Å². The molecule has 1 aliphatic rings. The Morgan fingerprint density at radius 1 is 1.19 bits per heavy atom. The van der Waals surface area contributed by atoms with E-state index >= 15 is 0 Å². The number of imidazole rings is 1. The second-order valence-corrected chi connectivity index (χ2v) is 6.95. The number of hydrogen-bond acceptors (Lipinski definition) is 5. The Kier molecular flexibility index (Phi) is 3.48. The monoisotopic (exact) mass is 380 g/mol. The number of H-pyrrole nitrogens is 2. The molecule has 0 saturated heterocycles. The number of aromatic amines is 2. The second-order valence-electron chi connectivity index (χ2n) is 6.52. The Morgan fingerprint density at radius 3 is 2.85 bits per heavy atom. The van der Waals surface area contributed by atoms with Gasteiger partial charge in [0.05, 0.1) is 16.3 Å². The summed E-state index contributed by atoms with van der Waals surface area (Å²) in [6.07, 6.45) is 7.36. The van der Waals surface area contributed by atoms with Gasteiger partial charge in [0.15, 0.2) is 5.65 Å². The topological polar surface area (TPSA) is 109 Å². The second kappa shape index (κ2) is 5.88. The molecule has 4 heterocycles. The van der Waals surface area contributed by atoms with Crippen LogP contribution in [0.1, 0.15) is 29.5 Å². The van der Waals surface area contributed by atoms with Gasteiger partial charge < -0.3 is 4.98 Å². The van der Waals surface area contributed by atoms with E-state index in [0.29, 0.717) is 16.3 Å². The van der Waals surface area contributed by atoms with Crippen LogP contribution in [0.5, 0.6) is 0 Å². The molecule has 9 heteroatoms. The highest BCUT2D eigenvalue weighted by Crippen LogP contribution is 2.55. The summed E-state index contributed by atoms with van der Waals surface area (Å²) >= 11 is 5.93. The molecule has 0 aromatic carbocycles. The average molecular weight is 381 g/mol. The van der Waals surface area contributed by atoms with Crippen molar-refractivity contribution in [2.24, 2.45) is 0 Å². The van der Waals surface area contributed by atoms with E-state index in [2.05, 4.69) is 25.0 Å². The molecule has 0 spiro atoms. The lowest BCUT2D eigenvalue weighted by molar-refractivity contribution is 0.899. The fourth-order valence-corrected chi connectivity index (χ4v) is 3.53. The van der Waals surface area contributed by atoms with Crippen LogP contribution in [-0.4, -0.2) is 29.5 Å². The zero-order valence-electron chi connectivity index (χ0n) is 13.9. The highest BCUT2D eigenvalue weighted by Gasteiger charge is 2.42. The number of hydrogen-bond donors (Lipinski definition) is 2. The first-order valence-electron chi connectivity index (χ1n) is 8.38. The van der Waals surface area contributed by atoms with Gasteiger partial charge in [0.25, 0.3) is 5.56 Å². The summed E-state index contributed by atoms with van der Waals surface area (Å²) in [4.78, 5) is 37.0. The van der Waals surface area contributed by atoms with Crippen molar-refractivity contribution in [3.63, 3.8) is 0 Å². The first-order valence-corrected chi connectivity index (χ1v) is 8.76. The molecule has 0 radical (unpaired) electrons. The molecule has 1 saturated carbocycles. The van der Waals surface area contributed by atoms with Gasteiger partial charge in [-0.1, -0.05) is 11.6 Å². The van der Waals surface area contributed by atoms with Gasteiger partial charge in [0, 0.05) is 42.0 Å². The minimum atomic E-state index is -0.552. The summed E-state index contributed by atoms with van der Waals surface area (Å²) in [5, 5.41) is 5.06. The van der Waals surface area contributed by atoms with E-state index in [1.165, 1.54) is 6.20 Å². The maximum atomic E-state index is 12.2. The van der Waals surface area contributed by atoms with E-state index in [4.69, 9.17) is 11.6 Å². The summed E-state index contributed by atoms with van der Waals surface area (Å²) < 4.78 is 1.65. The SMILES string of the molecule is O=c1[nH]cc(-c2cc(C3C[C@@H]3c3ccc(Cl)cn3)c3nccn3n2)c(=O)[nH]1. The maximum absolute atomic E-state index is 12.2.